The molecule has 0 aliphatic rings. The first-order valence-electron chi connectivity index (χ1n) is 9.33. The van der Waals surface area contributed by atoms with Crippen molar-refractivity contribution >= 4 is 29.0 Å². The van der Waals surface area contributed by atoms with Gasteiger partial charge in [-0.15, -0.1) is 21.5 Å². The van der Waals surface area contributed by atoms with Crippen LogP contribution in [0.1, 0.15) is 23.4 Å². The van der Waals surface area contributed by atoms with Gasteiger partial charge in [-0.1, -0.05) is 30.0 Å². The molecule has 3 aromatic heterocycles. The Balaban J connectivity index is 1.46. The normalized spacial score (nSPS) is 12.1. The number of nitrogens with zero attached hydrogens (tertiary/aromatic N) is 3. The predicted octanol–water partition coefficient (Wildman–Crippen LogP) is 4.76. The number of hydrogen-bond acceptors (Lipinski definition) is 6. The zero-order valence-electron chi connectivity index (χ0n) is 16.1. The molecule has 1 atom stereocenters. The van der Waals surface area contributed by atoms with Crippen molar-refractivity contribution in [3.63, 3.8) is 0 Å². The molecule has 0 radical (unpaired) electrons. The molecule has 1 N–H and O–H groups in total. The van der Waals surface area contributed by atoms with E-state index in [-0.39, 0.29) is 23.5 Å². The topological polar surface area (TPSA) is 73.0 Å². The number of hydrogen-bond donors (Lipinski definition) is 1. The number of thioether (sulfide) groups is 1. The number of amides is 1. The monoisotopic (exact) mass is 442 g/mol. The molecule has 1 amide bonds. The average molecular weight is 443 g/mol. The molecule has 4 rings (SSSR count). The van der Waals surface area contributed by atoms with E-state index in [1.807, 2.05) is 35.1 Å². The van der Waals surface area contributed by atoms with E-state index in [1.54, 1.807) is 35.8 Å². The lowest BCUT2D eigenvalue weighted by Gasteiger charge is -2.18. The highest BCUT2D eigenvalue weighted by molar-refractivity contribution is 7.99. The molecule has 0 fully saturated rings. The molecule has 1 unspecified atom stereocenters. The standard InChI is InChI=1S/C21H19FN4O2S2/c1-2-26-20(16-5-3-11-28-16)24-25-21(26)30-13-18(27)23-19(17-6-4-12-29-17)14-7-9-15(22)10-8-14/h3-12,19H,2,13H2,1H3,(H,23,27). The molecule has 0 saturated heterocycles. The number of furan rings is 1. The molecule has 3 heterocycles. The number of benzene rings is 1. The summed E-state index contributed by atoms with van der Waals surface area (Å²) in [5.74, 6) is 0.993. The molecule has 0 bridgehead atoms. The van der Waals surface area contributed by atoms with E-state index >= 15 is 0 Å². The van der Waals surface area contributed by atoms with E-state index in [0.29, 0.717) is 23.3 Å². The Morgan fingerprint density at radius 2 is 2.07 bits per heavy atom. The van der Waals surface area contributed by atoms with Gasteiger partial charge in [0.05, 0.1) is 18.1 Å². The number of nitrogens with one attached hydrogen (secondary N) is 1. The maximum Gasteiger partial charge on any atom is 0.231 e. The van der Waals surface area contributed by atoms with Crippen LogP contribution in [0.5, 0.6) is 0 Å². The minimum atomic E-state index is -0.332. The molecule has 4 aromatic rings. The van der Waals surface area contributed by atoms with Crippen molar-refractivity contribution in [2.45, 2.75) is 24.7 Å². The number of halogens is 1. The van der Waals surface area contributed by atoms with Crippen molar-refractivity contribution in [1.29, 1.82) is 0 Å². The van der Waals surface area contributed by atoms with Crippen LogP contribution >= 0.6 is 23.1 Å². The first kappa shape index (κ1) is 20.4. The average Bonchev–Trinajstić information content (AvgIpc) is 3.52. The molecule has 154 valence electrons. The fraction of sp³-hybridized carbons (Fsp3) is 0.190. The van der Waals surface area contributed by atoms with Gasteiger partial charge in [-0.05, 0) is 48.2 Å². The summed E-state index contributed by atoms with van der Waals surface area (Å²) in [4.78, 5) is 13.7. The SMILES string of the molecule is CCn1c(SCC(=O)NC(c2ccc(F)cc2)c2cccs2)nnc1-c1ccco1. The first-order chi connectivity index (χ1) is 14.7. The fourth-order valence-corrected chi connectivity index (χ4v) is 4.65. The molecule has 0 saturated carbocycles. The highest BCUT2D eigenvalue weighted by atomic mass is 32.2. The van der Waals surface area contributed by atoms with Crippen molar-refractivity contribution in [2.75, 3.05) is 5.75 Å². The fourth-order valence-electron chi connectivity index (χ4n) is 3.03. The minimum absolute atomic E-state index is 0.145. The number of rotatable bonds is 8. The summed E-state index contributed by atoms with van der Waals surface area (Å²) in [6.07, 6.45) is 1.59. The van der Waals surface area contributed by atoms with Crippen LogP contribution in [0.15, 0.2) is 69.7 Å². The second-order valence-electron chi connectivity index (χ2n) is 6.38. The van der Waals surface area contributed by atoms with Crippen LogP contribution in [-0.4, -0.2) is 26.4 Å². The van der Waals surface area contributed by atoms with E-state index < -0.39 is 0 Å². The van der Waals surface area contributed by atoms with Gasteiger partial charge >= 0.3 is 0 Å². The summed E-state index contributed by atoms with van der Waals surface area (Å²) in [5, 5.41) is 14.1. The zero-order valence-corrected chi connectivity index (χ0v) is 17.8. The van der Waals surface area contributed by atoms with Crippen molar-refractivity contribution in [3.05, 3.63) is 76.4 Å². The molecule has 0 spiro atoms. The Hall–Kier alpha value is -2.91. The molecule has 30 heavy (non-hydrogen) atoms. The summed E-state index contributed by atoms with van der Waals surface area (Å²) in [7, 11) is 0. The van der Waals surface area contributed by atoms with Crippen molar-refractivity contribution in [1.82, 2.24) is 20.1 Å². The second kappa shape index (κ2) is 9.27. The highest BCUT2D eigenvalue weighted by Crippen LogP contribution is 2.27. The maximum absolute atomic E-state index is 13.3. The van der Waals surface area contributed by atoms with E-state index in [4.69, 9.17) is 4.42 Å². The van der Waals surface area contributed by atoms with Gasteiger partial charge in [0.25, 0.3) is 0 Å². The highest BCUT2D eigenvalue weighted by Gasteiger charge is 2.20. The summed E-state index contributed by atoms with van der Waals surface area (Å²) in [5.41, 5.74) is 0.828. The Bertz CT molecular complexity index is 1090. The van der Waals surface area contributed by atoms with Gasteiger partial charge < -0.3 is 9.73 Å². The third kappa shape index (κ3) is 4.47. The molecular weight excluding hydrogens is 423 g/mol. The van der Waals surface area contributed by atoms with E-state index in [9.17, 15) is 9.18 Å². The van der Waals surface area contributed by atoms with Crippen molar-refractivity contribution in [3.8, 4) is 11.6 Å². The van der Waals surface area contributed by atoms with Gasteiger partial charge in [0.1, 0.15) is 5.82 Å². The van der Waals surface area contributed by atoms with Crippen LogP contribution in [0.3, 0.4) is 0 Å². The maximum atomic E-state index is 13.3. The van der Waals surface area contributed by atoms with Gasteiger partial charge in [0, 0.05) is 11.4 Å². The Morgan fingerprint density at radius 3 is 2.73 bits per heavy atom. The number of aromatic nitrogens is 3. The lowest BCUT2D eigenvalue weighted by Crippen LogP contribution is -2.30. The smallest absolute Gasteiger partial charge is 0.231 e. The van der Waals surface area contributed by atoms with Crippen LogP contribution in [-0.2, 0) is 11.3 Å². The van der Waals surface area contributed by atoms with E-state index in [2.05, 4.69) is 15.5 Å². The molecule has 9 heteroatoms. The molecule has 0 aliphatic carbocycles. The number of carbonyl (C=O) groups excluding carboxylic acids is 1. The van der Waals surface area contributed by atoms with Gasteiger partial charge in [0.2, 0.25) is 5.91 Å². The van der Waals surface area contributed by atoms with Crippen LogP contribution in [0.25, 0.3) is 11.6 Å². The minimum Gasteiger partial charge on any atom is -0.461 e. The summed E-state index contributed by atoms with van der Waals surface area (Å²) in [6, 6.07) is 13.4. The van der Waals surface area contributed by atoms with Gasteiger partial charge in [-0.2, -0.15) is 0 Å². The van der Waals surface area contributed by atoms with E-state index in [1.165, 1.54) is 23.9 Å². The number of thiophene rings is 1. The summed E-state index contributed by atoms with van der Waals surface area (Å²) >= 11 is 2.86. The van der Waals surface area contributed by atoms with Gasteiger partial charge in [0.15, 0.2) is 16.7 Å². The Kier molecular flexibility index (Phi) is 6.29. The lowest BCUT2D eigenvalue weighted by atomic mass is 10.1. The third-order valence-electron chi connectivity index (χ3n) is 4.44. The quantitative estimate of drug-likeness (QED) is 0.399. The lowest BCUT2D eigenvalue weighted by molar-refractivity contribution is -0.119. The van der Waals surface area contributed by atoms with E-state index in [0.717, 1.165) is 10.4 Å². The van der Waals surface area contributed by atoms with Gasteiger partial charge in [-0.25, -0.2) is 4.39 Å². The first-order valence-corrected chi connectivity index (χ1v) is 11.2. The van der Waals surface area contributed by atoms with Gasteiger partial charge in [-0.3, -0.25) is 9.36 Å². The number of carbonyl (C=O) groups is 1. The van der Waals surface area contributed by atoms with Crippen LogP contribution < -0.4 is 5.32 Å². The predicted molar refractivity (Wildman–Crippen MR) is 115 cm³/mol. The molecule has 0 aliphatic heterocycles. The molecule has 1 aromatic carbocycles. The van der Waals surface area contributed by atoms with Crippen LogP contribution in [0, 0.1) is 5.82 Å². The Labute approximate surface area is 181 Å². The largest absolute Gasteiger partial charge is 0.461 e. The van der Waals surface area contributed by atoms with Crippen LogP contribution in [0.2, 0.25) is 0 Å². The second-order valence-corrected chi connectivity index (χ2v) is 8.31. The summed E-state index contributed by atoms with van der Waals surface area (Å²) < 4.78 is 20.7. The van der Waals surface area contributed by atoms with Crippen LogP contribution in [0.4, 0.5) is 4.39 Å². The third-order valence-corrected chi connectivity index (χ3v) is 6.35. The Morgan fingerprint density at radius 1 is 1.23 bits per heavy atom. The molecule has 6 nitrogen and oxygen atoms in total. The zero-order chi connectivity index (χ0) is 20.9. The summed E-state index contributed by atoms with van der Waals surface area (Å²) in [6.45, 7) is 2.64. The molecular formula is C21H19FN4O2S2. The van der Waals surface area contributed by atoms with Crippen molar-refractivity contribution < 1.29 is 13.6 Å². The van der Waals surface area contributed by atoms with Crippen molar-refractivity contribution in [2.24, 2.45) is 0 Å².